The molecule has 0 heterocycles. The molecule has 0 aliphatic heterocycles. The standard InChI is InChI=1S/C9H6Cl2O4/c1-15-9(14)7-5(10)2-4(8(12)13)3-6(7)11/h2-3H,1H3,(H,12,13)/p-1. The molecule has 0 spiro atoms. The molecule has 0 aliphatic rings. The number of methoxy groups -OCH3 is 1. The van der Waals surface area contributed by atoms with Crippen molar-refractivity contribution in [1.29, 1.82) is 0 Å². The number of esters is 1. The Morgan fingerprint density at radius 1 is 1.27 bits per heavy atom. The van der Waals surface area contributed by atoms with Gasteiger partial charge in [0.05, 0.1) is 28.7 Å². The maximum atomic E-state index is 11.2. The molecule has 4 nitrogen and oxygen atoms in total. The molecule has 0 bridgehead atoms. The van der Waals surface area contributed by atoms with Gasteiger partial charge in [-0.25, -0.2) is 4.79 Å². The molecule has 1 aromatic rings. The third-order valence-electron chi connectivity index (χ3n) is 1.67. The molecule has 1 aromatic carbocycles. The third-order valence-corrected chi connectivity index (χ3v) is 2.26. The molecule has 0 saturated heterocycles. The second-order valence-electron chi connectivity index (χ2n) is 2.59. The second kappa shape index (κ2) is 4.51. The number of carbonyl (C=O) groups is 2. The van der Waals surface area contributed by atoms with Crippen LogP contribution in [0.2, 0.25) is 10.0 Å². The molecule has 0 N–H and O–H groups in total. The maximum absolute atomic E-state index is 11.2. The summed E-state index contributed by atoms with van der Waals surface area (Å²) in [5.41, 5.74) is -0.261. The largest absolute Gasteiger partial charge is 0.545 e. The van der Waals surface area contributed by atoms with Gasteiger partial charge < -0.3 is 14.6 Å². The lowest BCUT2D eigenvalue weighted by Crippen LogP contribution is -2.22. The van der Waals surface area contributed by atoms with Crippen LogP contribution in [-0.4, -0.2) is 19.0 Å². The lowest BCUT2D eigenvalue weighted by molar-refractivity contribution is -0.255. The van der Waals surface area contributed by atoms with E-state index in [0.717, 1.165) is 12.1 Å². The molecular formula is C9H5Cl2O4-. The lowest BCUT2D eigenvalue weighted by Gasteiger charge is -2.08. The first-order valence-electron chi connectivity index (χ1n) is 3.76. The lowest BCUT2D eigenvalue weighted by atomic mass is 10.1. The Kier molecular flexibility index (Phi) is 3.55. The zero-order valence-corrected chi connectivity index (χ0v) is 9.06. The summed E-state index contributed by atoms with van der Waals surface area (Å²) in [6, 6.07) is 2.16. The van der Waals surface area contributed by atoms with Gasteiger partial charge in [0.1, 0.15) is 0 Å². The van der Waals surface area contributed by atoms with Crippen molar-refractivity contribution in [1.82, 2.24) is 0 Å². The van der Waals surface area contributed by atoms with E-state index in [0.29, 0.717) is 0 Å². The van der Waals surface area contributed by atoms with E-state index >= 15 is 0 Å². The van der Waals surface area contributed by atoms with Crippen molar-refractivity contribution in [3.63, 3.8) is 0 Å². The number of hydrogen-bond acceptors (Lipinski definition) is 4. The van der Waals surface area contributed by atoms with Crippen LogP contribution < -0.4 is 5.11 Å². The molecule has 0 radical (unpaired) electrons. The van der Waals surface area contributed by atoms with Gasteiger partial charge in [0.15, 0.2) is 0 Å². The van der Waals surface area contributed by atoms with Crippen molar-refractivity contribution in [2.24, 2.45) is 0 Å². The number of aromatic carboxylic acids is 1. The first-order chi connectivity index (χ1) is 6.97. The SMILES string of the molecule is COC(=O)c1c(Cl)cc(C(=O)[O-])cc1Cl. The van der Waals surface area contributed by atoms with Crippen molar-refractivity contribution >= 4 is 35.1 Å². The predicted octanol–water partition coefficient (Wildman–Crippen LogP) is 1.14. The Balaban J connectivity index is 3.33. The van der Waals surface area contributed by atoms with Gasteiger partial charge in [-0.3, -0.25) is 0 Å². The van der Waals surface area contributed by atoms with E-state index in [4.69, 9.17) is 23.2 Å². The first kappa shape index (κ1) is 11.8. The van der Waals surface area contributed by atoms with E-state index in [1.165, 1.54) is 7.11 Å². The molecule has 0 unspecified atom stereocenters. The fraction of sp³-hybridized carbons (Fsp3) is 0.111. The zero-order chi connectivity index (χ0) is 11.6. The van der Waals surface area contributed by atoms with Crippen LogP contribution in [0.3, 0.4) is 0 Å². The molecule has 6 heteroatoms. The molecule has 0 saturated carbocycles. The number of carbonyl (C=O) groups excluding carboxylic acids is 2. The van der Waals surface area contributed by atoms with Crippen LogP contribution in [0.5, 0.6) is 0 Å². The Labute approximate surface area is 95.4 Å². The van der Waals surface area contributed by atoms with Crippen LogP contribution in [-0.2, 0) is 4.74 Å². The summed E-state index contributed by atoms with van der Waals surface area (Å²) in [6.45, 7) is 0. The predicted molar refractivity (Wildman–Crippen MR) is 52.1 cm³/mol. The topological polar surface area (TPSA) is 66.4 Å². The quantitative estimate of drug-likeness (QED) is 0.736. The van der Waals surface area contributed by atoms with E-state index in [-0.39, 0.29) is 21.2 Å². The summed E-state index contributed by atoms with van der Waals surface area (Å²) in [7, 11) is 1.17. The Morgan fingerprint density at radius 3 is 2.07 bits per heavy atom. The number of rotatable bonds is 2. The van der Waals surface area contributed by atoms with Gasteiger partial charge in [-0.2, -0.15) is 0 Å². The van der Waals surface area contributed by atoms with Gasteiger partial charge in [-0.1, -0.05) is 23.2 Å². The highest BCUT2D eigenvalue weighted by molar-refractivity contribution is 6.39. The smallest absolute Gasteiger partial charge is 0.340 e. The molecule has 0 aliphatic carbocycles. The minimum absolute atomic E-state index is 0.0640. The van der Waals surface area contributed by atoms with Crippen molar-refractivity contribution in [2.45, 2.75) is 0 Å². The Bertz CT molecular complexity index is 405. The minimum atomic E-state index is -1.42. The highest BCUT2D eigenvalue weighted by Gasteiger charge is 2.16. The Hall–Kier alpha value is -1.26. The van der Waals surface area contributed by atoms with Crippen molar-refractivity contribution in [3.8, 4) is 0 Å². The Morgan fingerprint density at radius 2 is 1.73 bits per heavy atom. The summed E-state index contributed by atoms with van der Waals surface area (Å²) >= 11 is 11.4. The van der Waals surface area contributed by atoms with Gasteiger partial charge in [-0.05, 0) is 12.1 Å². The molecule has 0 atom stereocenters. The van der Waals surface area contributed by atoms with Crippen LogP contribution in [0.1, 0.15) is 20.7 Å². The monoisotopic (exact) mass is 247 g/mol. The van der Waals surface area contributed by atoms with E-state index < -0.39 is 11.9 Å². The first-order valence-corrected chi connectivity index (χ1v) is 4.51. The van der Waals surface area contributed by atoms with Gasteiger partial charge >= 0.3 is 5.97 Å². The van der Waals surface area contributed by atoms with E-state index in [9.17, 15) is 14.7 Å². The summed E-state index contributed by atoms with van der Waals surface area (Å²) in [5.74, 6) is -2.15. The summed E-state index contributed by atoms with van der Waals surface area (Å²) in [6.07, 6.45) is 0. The fourth-order valence-corrected chi connectivity index (χ4v) is 1.63. The van der Waals surface area contributed by atoms with Crippen LogP contribution in [0, 0.1) is 0 Å². The summed E-state index contributed by atoms with van der Waals surface area (Å²) < 4.78 is 4.43. The van der Waals surface area contributed by atoms with Gasteiger partial charge in [0.2, 0.25) is 0 Å². The molecule has 1 rings (SSSR count). The summed E-state index contributed by atoms with van der Waals surface area (Å²) in [4.78, 5) is 21.7. The normalized spacial score (nSPS) is 9.80. The average molecular weight is 248 g/mol. The molecule has 0 amide bonds. The number of carboxylic acid groups (broad SMARTS) is 1. The molecule has 0 aromatic heterocycles. The molecule has 15 heavy (non-hydrogen) atoms. The number of carboxylic acids is 1. The molecule has 0 fully saturated rings. The maximum Gasteiger partial charge on any atom is 0.340 e. The summed E-state index contributed by atoms with van der Waals surface area (Å²) in [5, 5.41) is 10.3. The number of hydrogen-bond donors (Lipinski definition) is 0. The van der Waals surface area contributed by atoms with Crippen molar-refractivity contribution in [3.05, 3.63) is 33.3 Å². The zero-order valence-electron chi connectivity index (χ0n) is 7.54. The van der Waals surface area contributed by atoms with Crippen LogP contribution in [0.25, 0.3) is 0 Å². The minimum Gasteiger partial charge on any atom is -0.545 e. The van der Waals surface area contributed by atoms with Gasteiger partial charge in [0.25, 0.3) is 0 Å². The van der Waals surface area contributed by atoms with Crippen LogP contribution in [0.15, 0.2) is 12.1 Å². The third kappa shape index (κ3) is 2.40. The van der Waals surface area contributed by atoms with Gasteiger partial charge in [-0.15, -0.1) is 0 Å². The van der Waals surface area contributed by atoms with E-state index in [1.54, 1.807) is 0 Å². The molecule has 80 valence electrons. The molecular weight excluding hydrogens is 243 g/mol. The average Bonchev–Trinajstić information content (AvgIpc) is 2.16. The van der Waals surface area contributed by atoms with Crippen molar-refractivity contribution in [2.75, 3.05) is 7.11 Å². The van der Waals surface area contributed by atoms with E-state index in [1.807, 2.05) is 0 Å². The van der Waals surface area contributed by atoms with Crippen LogP contribution >= 0.6 is 23.2 Å². The van der Waals surface area contributed by atoms with Gasteiger partial charge in [0, 0.05) is 5.56 Å². The fourth-order valence-electron chi connectivity index (χ4n) is 0.988. The van der Waals surface area contributed by atoms with Crippen LogP contribution in [0.4, 0.5) is 0 Å². The highest BCUT2D eigenvalue weighted by Crippen LogP contribution is 2.27. The second-order valence-corrected chi connectivity index (χ2v) is 3.41. The van der Waals surface area contributed by atoms with Crippen molar-refractivity contribution < 1.29 is 19.4 Å². The number of halogens is 2. The number of benzene rings is 1. The number of ether oxygens (including phenoxy) is 1. The highest BCUT2D eigenvalue weighted by atomic mass is 35.5. The van der Waals surface area contributed by atoms with E-state index in [2.05, 4.69) is 4.74 Å².